The first-order valence-corrected chi connectivity index (χ1v) is 12.4. The van der Waals surface area contributed by atoms with Crippen molar-refractivity contribution >= 4 is 57.8 Å². The summed E-state index contributed by atoms with van der Waals surface area (Å²) in [6, 6.07) is 20.7. The predicted octanol–water partition coefficient (Wildman–Crippen LogP) is 4.92. The molecule has 5 rings (SSSR count). The molecule has 1 aliphatic heterocycles. The molecule has 0 radical (unpaired) electrons. The zero-order valence-electron chi connectivity index (χ0n) is 21.1. The van der Waals surface area contributed by atoms with Crippen LogP contribution in [0.15, 0.2) is 78.5 Å². The second-order valence-corrected chi connectivity index (χ2v) is 9.56. The van der Waals surface area contributed by atoms with Crippen LogP contribution in [0.5, 0.6) is 0 Å². The van der Waals surface area contributed by atoms with Crippen LogP contribution in [0.2, 0.25) is 0 Å². The van der Waals surface area contributed by atoms with Gasteiger partial charge in [0.25, 0.3) is 11.8 Å². The molecule has 2 heterocycles. The van der Waals surface area contributed by atoms with Gasteiger partial charge in [0.15, 0.2) is 5.11 Å². The van der Waals surface area contributed by atoms with Gasteiger partial charge in [0.2, 0.25) is 0 Å². The van der Waals surface area contributed by atoms with Crippen molar-refractivity contribution in [3.63, 3.8) is 0 Å². The first-order valence-electron chi connectivity index (χ1n) is 12.0. The minimum atomic E-state index is -0.538. The summed E-state index contributed by atoms with van der Waals surface area (Å²) < 4.78 is 6.87. The van der Waals surface area contributed by atoms with E-state index in [0.717, 1.165) is 33.2 Å². The van der Waals surface area contributed by atoms with Crippen molar-refractivity contribution in [2.75, 3.05) is 12.0 Å². The van der Waals surface area contributed by atoms with Crippen LogP contribution < -0.4 is 10.2 Å². The highest BCUT2D eigenvalue weighted by molar-refractivity contribution is 7.80. The Balaban J connectivity index is 1.55. The lowest BCUT2D eigenvalue weighted by molar-refractivity contribution is -0.122. The fraction of sp³-hybridized carbons (Fsp3) is 0.133. The van der Waals surface area contributed by atoms with Crippen LogP contribution in [0.25, 0.3) is 17.0 Å². The fourth-order valence-electron chi connectivity index (χ4n) is 4.72. The Morgan fingerprint density at radius 2 is 1.82 bits per heavy atom. The van der Waals surface area contributed by atoms with E-state index in [-0.39, 0.29) is 10.7 Å². The average molecular weight is 524 g/mol. The molecule has 0 unspecified atom stereocenters. The molecule has 8 heteroatoms. The topological polar surface area (TPSA) is 80.6 Å². The summed E-state index contributed by atoms with van der Waals surface area (Å²) in [7, 11) is 1.35. The zero-order valence-corrected chi connectivity index (χ0v) is 22.0. The lowest BCUT2D eigenvalue weighted by Gasteiger charge is -2.30. The Labute approximate surface area is 225 Å². The largest absolute Gasteiger partial charge is 0.465 e. The van der Waals surface area contributed by atoms with Crippen LogP contribution in [0, 0.1) is 13.8 Å². The molecule has 0 atom stereocenters. The Hall–Kier alpha value is -4.56. The van der Waals surface area contributed by atoms with E-state index < -0.39 is 17.8 Å². The summed E-state index contributed by atoms with van der Waals surface area (Å²) in [5.41, 5.74) is 5.58. The average Bonchev–Trinajstić information content (AvgIpc) is 3.24. The third-order valence-corrected chi connectivity index (χ3v) is 6.80. The second-order valence-electron chi connectivity index (χ2n) is 9.17. The molecule has 1 fully saturated rings. The molecule has 2 amide bonds. The number of rotatable bonds is 5. The molecular formula is C30H25N3O4S. The molecule has 3 aromatic carbocycles. The molecule has 0 aliphatic carbocycles. The highest BCUT2D eigenvalue weighted by atomic mass is 32.1. The normalized spacial score (nSPS) is 14.8. The van der Waals surface area contributed by atoms with Gasteiger partial charge < -0.3 is 9.30 Å². The number of ether oxygens (including phenoxy) is 1. The van der Waals surface area contributed by atoms with Crippen LogP contribution in [-0.2, 0) is 20.9 Å². The molecule has 1 aliphatic rings. The van der Waals surface area contributed by atoms with E-state index in [1.165, 1.54) is 12.0 Å². The van der Waals surface area contributed by atoms with Crippen LogP contribution in [-0.4, -0.2) is 34.6 Å². The van der Waals surface area contributed by atoms with E-state index in [2.05, 4.69) is 5.32 Å². The summed E-state index contributed by atoms with van der Waals surface area (Å²) in [6.07, 6.45) is 3.51. The first-order chi connectivity index (χ1) is 18.3. The highest BCUT2D eigenvalue weighted by Gasteiger charge is 2.35. The quantitative estimate of drug-likeness (QED) is 0.174. The lowest BCUT2D eigenvalue weighted by atomic mass is 10.0. The standard InChI is InChI=1S/C30H25N3O4S/c1-18-11-12-25(19(2)13-18)33-28(35)24(27(34)31-30(33)38)15-22-17-32(26-10-5-4-9-23(22)26)16-20-7-6-8-21(14-20)29(36)37-3/h4-15,17H,16H2,1-3H3,(H,31,34,38)/b24-15+. The monoisotopic (exact) mass is 523 g/mol. The number of aromatic nitrogens is 1. The second kappa shape index (κ2) is 10.1. The predicted molar refractivity (Wildman–Crippen MR) is 151 cm³/mol. The van der Waals surface area contributed by atoms with E-state index in [9.17, 15) is 14.4 Å². The number of amides is 2. The molecule has 1 aromatic heterocycles. The molecule has 190 valence electrons. The fourth-order valence-corrected chi connectivity index (χ4v) is 4.99. The number of carbonyl (C=O) groups excluding carboxylic acids is 3. The van der Waals surface area contributed by atoms with Crippen molar-refractivity contribution in [2.24, 2.45) is 0 Å². The van der Waals surface area contributed by atoms with Gasteiger partial charge in [-0.25, -0.2) is 4.79 Å². The Morgan fingerprint density at radius 3 is 2.58 bits per heavy atom. The van der Waals surface area contributed by atoms with Gasteiger partial charge in [0.05, 0.1) is 18.4 Å². The SMILES string of the molecule is COC(=O)c1cccc(Cn2cc(/C=C3\C(=O)NC(=S)N(c4ccc(C)cc4C)C3=O)c3ccccc32)c1. The number of aryl methyl sites for hydroxylation is 2. The smallest absolute Gasteiger partial charge is 0.337 e. The zero-order chi connectivity index (χ0) is 27.0. The van der Waals surface area contributed by atoms with Crippen LogP contribution in [0.4, 0.5) is 5.69 Å². The van der Waals surface area contributed by atoms with Gasteiger partial charge in [-0.3, -0.25) is 19.8 Å². The van der Waals surface area contributed by atoms with Gasteiger partial charge in [0.1, 0.15) is 5.57 Å². The van der Waals surface area contributed by atoms with Crippen LogP contribution in [0.1, 0.15) is 32.6 Å². The summed E-state index contributed by atoms with van der Waals surface area (Å²) in [6.45, 7) is 4.36. The van der Waals surface area contributed by atoms with Crippen molar-refractivity contribution in [1.29, 1.82) is 0 Å². The summed E-state index contributed by atoms with van der Waals surface area (Å²) in [5, 5.41) is 3.60. The van der Waals surface area contributed by atoms with Gasteiger partial charge in [-0.05, 0) is 67.5 Å². The maximum Gasteiger partial charge on any atom is 0.337 e. The minimum Gasteiger partial charge on any atom is -0.465 e. The lowest BCUT2D eigenvalue weighted by Crippen LogP contribution is -2.54. The van der Waals surface area contributed by atoms with Crippen LogP contribution >= 0.6 is 12.2 Å². The van der Waals surface area contributed by atoms with Gasteiger partial charge in [-0.15, -0.1) is 0 Å². The van der Waals surface area contributed by atoms with Crippen molar-refractivity contribution in [3.8, 4) is 0 Å². The number of nitrogens with zero attached hydrogens (tertiary/aromatic N) is 2. The maximum absolute atomic E-state index is 13.6. The summed E-state index contributed by atoms with van der Waals surface area (Å²) in [4.78, 5) is 39.9. The van der Waals surface area contributed by atoms with E-state index in [1.807, 2.05) is 79.2 Å². The summed E-state index contributed by atoms with van der Waals surface area (Å²) in [5.74, 6) is -1.42. The molecule has 1 saturated heterocycles. The molecule has 7 nitrogen and oxygen atoms in total. The van der Waals surface area contributed by atoms with Crippen molar-refractivity contribution in [2.45, 2.75) is 20.4 Å². The third-order valence-electron chi connectivity index (χ3n) is 6.52. The van der Waals surface area contributed by atoms with Crippen molar-refractivity contribution in [1.82, 2.24) is 9.88 Å². The first kappa shape index (κ1) is 25.1. The Morgan fingerprint density at radius 1 is 1.03 bits per heavy atom. The van der Waals surface area contributed by atoms with Crippen molar-refractivity contribution in [3.05, 3.63) is 106 Å². The molecule has 4 aromatic rings. The number of carbonyl (C=O) groups is 3. The number of methoxy groups -OCH3 is 1. The van der Waals surface area contributed by atoms with Crippen molar-refractivity contribution < 1.29 is 19.1 Å². The minimum absolute atomic E-state index is 0.00540. The van der Waals surface area contributed by atoms with E-state index in [4.69, 9.17) is 17.0 Å². The number of benzene rings is 3. The molecule has 1 N–H and O–H groups in total. The van der Waals surface area contributed by atoms with Gasteiger partial charge >= 0.3 is 5.97 Å². The molecule has 0 bridgehead atoms. The molecule has 0 saturated carbocycles. The van der Waals surface area contributed by atoms with Gasteiger partial charge in [-0.1, -0.05) is 48.0 Å². The van der Waals surface area contributed by atoms with Gasteiger partial charge in [0, 0.05) is 29.2 Å². The number of para-hydroxylation sites is 1. The molecule has 38 heavy (non-hydrogen) atoms. The highest BCUT2D eigenvalue weighted by Crippen LogP contribution is 2.29. The van der Waals surface area contributed by atoms with E-state index in [0.29, 0.717) is 17.8 Å². The number of hydrogen-bond donors (Lipinski definition) is 1. The number of fused-ring (bicyclic) bond motifs is 1. The number of hydrogen-bond acceptors (Lipinski definition) is 5. The van der Waals surface area contributed by atoms with Gasteiger partial charge in [-0.2, -0.15) is 0 Å². The number of anilines is 1. The van der Waals surface area contributed by atoms with Crippen LogP contribution in [0.3, 0.4) is 0 Å². The Bertz CT molecular complexity index is 1670. The molecule has 0 spiro atoms. The number of esters is 1. The van der Waals surface area contributed by atoms with E-state index >= 15 is 0 Å². The summed E-state index contributed by atoms with van der Waals surface area (Å²) >= 11 is 5.37. The van der Waals surface area contributed by atoms with E-state index in [1.54, 1.807) is 18.2 Å². The number of nitrogens with one attached hydrogen (secondary N) is 1. The maximum atomic E-state index is 13.6. The third kappa shape index (κ3) is 4.62. The molecular weight excluding hydrogens is 498 g/mol. The Kier molecular flexibility index (Phi) is 6.65. The number of thiocarbonyl (C=S) groups is 1.